The number of hydrogen-bond donors (Lipinski definition) is 1. The van der Waals surface area contributed by atoms with Crippen LogP contribution in [0.2, 0.25) is 0 Å². The molecule has 0 spiro atoms. The molecule has 0 bridgehead atoms. The second kappa shape index (κ2) is 6.92. The van der Waals surface area contributed by atoms with Crippen molar-refractivity contribution >= 4 is 11.9 Å². The van der Waals surface area contributed by atoms with Crippen LogP contribution in [0.25, 0.3) is 0 Å². The zero-order valence-corrected chi connectivity index (χ0v) is 11.3. The zero-order valence-electron chi connectivity index (χ0n) is 11.3. The largest absolute Gasteiger partial charge is 0.480 e. The van der Waals surface area contributed by atoms with Crippen LogP contribution in [0.3, 0.4) is 0 Å². The lowest BCUT2D eigenvalue weighted by Crippen LogP contribution is -2.47. The van der Waals surface area contributed by atoms with Gasteiger partial charge >= 0.3 is 12.1 Å². The number of piperidine rings is 1. The Kier molecular flexibility index (Phi) is 5.79. The third-order valence-corrected chi connectivity index (χ3v) is 3.26. The van der Waals surface area contributed by atoms with Gasteiger partial charge in [0.2, 0.25) is 5.91 Å². The number of alkyl halides is 3. The highest BCUT2D eigenvalue weighted by Crippen LogP contribution is 2.18. The van der Waals surface area contributed by atoms with Crippen molar-refractivity contribution in [3.63, 3.8) is 0 Å². The summed E-state index contributed by atoms with van der Waals surface area (Å²) >= 11 is 0. The summed E-state index contributed by atoms with van der Waals surface area (Å²) in [6.07, 6.45) is -2.87. The Morgan fingerprint density at radius 2 is 1.80 bits per heavy atom. The molecular weight excluding hydrogens is 277 g/mol. The minimum atomic E-state index is -4.52. The number of carboxylic acid groups (broad SMARTS) is 1. The van der Waals surface area contributed by atoms with Gasteiger partial charge in [0.15, 0.2) is 0 Å². The molecule has 1 aliphatic rings. The molecule has 0 radical (unpaired) electrons. The third-order valence-electron chi connectivity index (χ3n) is 3.26. The molecule has 0 atom stereocenters. The third kappa shape index (κ3) is 6.23. The molecule has 1 aliphatic heterocycles. The standard InChI is InChI=1S/C12H19F3N2O3/c1-9-2-4-17(5-3-9)10(18)6-16(7-11(19)20)8-12(13,14)15/h9H,2-8H2,1H3,(H,19,20). The van der Waals surface area contributed by atoms with E-state index in [1.165, 1.54) is 4.90 Å². The smallest absolute Gasteiger partial charge is 0.401 e. The SMILES string of the molecule is CC1CCN(C(=O)CN(CC(=O)O)CC(F)(F)F)CC1. The van der Waals surface area contributed by atoms with E-state index in [2.05, 4.69) is 6.92 Å². The van der Waals surface area contributed by atoms with Crippen LogP contribution in [0.5, 0.6) is 0 Å². The van der Waals surface area contributed by atoms with Crippen molar-refractivity contribution in [3.05, 3.63) is 0 Å². The molecule has 0 unspecified atom stereocenters. The highest BCUT2D eigenvalue weighted by molar-refractivity contribution is 5.79. The summed E-state index contributed by atoms with van der Waals surface area (Å²) in [5, 5.41) is 8.60. The van der Waals surface area contributed by atoms with Gasteiger partial charge in [-0.05, 0) is 18.8 Å². The van der Waals surface area contributed by atoms with E-state index >= 15 is 0 Å². The molecule has 1 fully saturated rings. The molecule has 1 N–H and O–H groups in total. The first-order valence-electron chi connectivity index (χ1n) is 6.46. The van der Waals surface area contributed by atoms with Crippen LogP contribution in [0.15, 0.2) is 0 Å². The summed E-state index contributed by atoms with van der Waals surface area (Å²) in [7, 11) is 0. The average molecular weight is 296 g/mol. The Balaban J connectivity index is 2.55. The quantitative estimate of drug-likeness (QED) is 0.828. The molecule has 20 heavy (non-hydrogen) atoms. The Morgan fingerprint density at radius 3 is 2.25 bits per heavy atom. The molecule has 5 nitrogen and oxygen atoms in total. The highest BCUT2D eigenvalue weighted by Gasteiger charge is 2.33. The number of nitrogens with zero attached hydrogens (tertiary/aromatic N) is 2. The maximum Gasteiger partial charge on any atom is 0.401 e. The van der Waals surface area contributed by atoms with Gasteiger partial charge in [0, 0.05) is 13.1 Å². The van der Waals surface area contributed by atoms with E-state index in [9.17, 15) is 22.8 Å². The Labute approximate surface area is 115 Å². The number of carbonyl (C=O) groups is 2. The van der Waals surface area contributed by atoms with Crippen LogP contribution in [0.4, 0.5) is 13.2 Å². The minimum absolute atomic E-state index is 0.442. The maximum absolute atomic E-state index is 12.3. The first-order valence-corrected chi connectivity index (χ1v) is 6.46. The van der Waals surface area contributed by atoms with Crippen LogP contribution in [-0.4, -0.2) is 65.7 Å². The van der Waals surface area contributed by atoms with E-state index < -0.39 is 37.7 Å². The zero-order chi connectivity index (χ0) is 15.3. The number of amides is 1. The Hall–Kier alpha value is -1.31. The number of hydrogen-bond acceptors (Lipinski definition) is 3. The minimum Gasteiger partial charge on any atom is -0.480 e. The van der Waals surface area contributed by atoms with Crippen molar-refractivity contribution in [3.8, 4) is 0 Å². The molecule has 0 aromatic heterocycles. The van der Waals surface area contributed by atoms with Crippen molar-refractivity contribution in [2.75, 3.05) is 32.7 Å². The van der Waals surface area contributed by atoms with E-state index in [1.54, 1.807) is 0 Å². The van der Waals surface area contributed by atoms with Crippen molar-refractivity contribution in [1.29, 1.82) is 0 Å². The van der Waals surface area contributed by atoms with Gasteiger partial charge in [-0.2, -0.15) is 13.2 Å². The Bertz CT molecular complexity index is 352. The number of rotatable bonds is 5. The van der Waals surface area contributed by atoms with Gasteiger partial charge in [-0.15, -0.1) is 0 Å². The van der Waals surface area contributed by atoms with Crippen LogP contribution in [0, 0.1) is 5.92 Å². The highest BCUT2D eigenvalue weighted by atomic mass is 19.4. The van der Waals surface area contributed by atoms with E-state index in [4.69, 9.17) is 5.11 Å². The van der Waals surface area contributed by atoms with Gasteiger partial charge in [-0.1, -0.05) is 6.92 Å². The van der Waals surface area contributed by atoms with Gasteiger partial charge < -0.3 is 10.0 Å². The van der Waals surface area contributed by atoms with Gasteiger partial charge in [0.05, 0.1) is 19.6 Å². The molecule has 1 heterocycles. The number of halogens is 3. The summed E-state index contributed by atoms with van der Waals surface area (Å²) in [6.45, 7) is 0.396. The van der Waals surface area contributed by atoms with Gasteiger partial charge in [-0.3, -0.25) is 14.5 Å². The number of likely N-dealkylation sites (tertiary alicyclic amines) is 1. The normalized spacial score (nSPS) is 17.6. The molecule has 0 saturated carbocycles. The van der Waals surface area contributed by atoms with Gasteiger partial charge in [0.1, 0.15) is 0 Å². The Morgan fingerprint density at radius 1 is 1.25 bits per heavy atom. The summed E-state index contributed by atoms with van der Waals surface area (Å²) in [4.78, 5) is 24.6. The maximum atomic E-state index is 12.3. The lowest BCUT2D eigenvalue weighted by Gasteiger charge is -2.32. The monoisotopic (exact) mass is 296 g/mol. The summed E-state index contributed by atoms with van der Waals surface area (Å²) in [5.74, 6) is -1.32. The predicted octanol–water partition coefficient (Wildman–Crippen LogP) is 1.19. The molecule has 0 aliphatic carbocycles. The van der Waals surface area contributed by atoms with E-state index in [0.717, 1.165) is 12.8 Å². The fourth-order valence-corrected chi connectivity index (χ4v) is 2.16. The number of carbonyl (C=O) groups excluding carboxylic acids is 1. The van der Waals surface area contributed by atoms with E-state index in [-0.39, 0.29) is 0 Å². The fourth-order valence-electron chi connectivity index (χ4n) is 2.16. The van der Waals surface area contributed by atoms with Crippen molar-refractivity contribution in [1.82, 2.24) is 9.80 Å². The molecule has 1 rings (SSSR count). The number of carboxylic acids is 1. The summed E-state index contributed by atoms with van der Waals surface area (Å²) in [6, 6.07) is 0. The summed E-state index contributed by atoms with van der Waals surface area (Å²) < 4.78 is 37.0. The molecule has 0 aromatic carbocycles. The molecule has 1 amide bonds. The topological polar surface area (TPSA) is 60.9 Å². The second-order valence-electron chi connectivity index (χ2n) is 5.22. The molecule has 0 aromatic rings. The second-order valence-corrected chi connectivity index (χ2v) is 5.22. The lowest BCUT2D eigenvalue weighted by atomic mass is 9.99. The van der Waals surface area contributed by atoms with Crippen LogP contribution >= 0.6 is 0 Å². The molecule has 116 valence electrons. The molecular formula is C12H19F3N2O3. The number of aliphatic carboxylic acids is 1. The van der Waals surface area contributed by atoms with E-state index in [1.807, 2.05) is 0 Å². The van der Waals surface area contributed by atoms with E-state index in [0.29, 0.717) is 23.9 Å². The van der Waals surface area contributed by atoms with Crippen molar-refractivity contribution < 1.29 is 27.9 Å². The first-order chi connectivity index (χ1) is 9.17. The van der Waals surface area contributed by atoms with Crippen molar-refractivity contribution in [2.24, 2.45) is 5.92 Å². The molecule has 8 heteroatoms. The van der Waals surface area contributed by atoms with Crippen LogP contribution in [-0.2, 0) is 9.59 Å². The lowest BCUT2D eigenvalue weighted by molar-refractivity contribution is -0.157. The molecule has 1 saturated heterocycles. The average Bonchev–Trinajstić information content (AvgIpc) is 2.26. The van der Waals surface area contributed by atoms with Crippen molar-refractivity contribution in [2.45, 2.75) is 25.9 Å². The van der Waals surface area contributed by atoms with Crippen LogP contribution < -0.4 is 0 Å². The predicted molar refractivity (Wildman–Crippen MR) is 65.1 cm³/mol. The fraction of sp³-hybridized carbons (Fsp3) is 0.833. The van der Waals surface area contributed by atoms with Crippen LogP contribution in [0.1, 0.15) is 19.8 Å². The summed E-state index contributed by atoms with van der Waals surface area (Å²) in [5.41, 5.74) is 0. The van der Waals surface area contributed by atoms with Gasteiger partial charge in [-0.25, -0.2) is 0 Å². The first kappa shape index (κ1) is 16.7. The van der Waals surface area contributed by atoms with Gasteiger partial charge in [0.25, 0.3) is 0 Å².